The van der Waals surface area contributed by atoms with Gasteiger partial charge in [0.25, 0.3) is 0 Å². The van der Waals surface area contributed by atoms with Crippen molar-refractivity contribution in [2.45, 2.75) is 45.1 Å². The zero-order valence-corrected chi connectivity index (χ0v) is 12.6. The summed E-state index contributed by atoms with van der Waals surface area (Å²) in [6.07, 6.45) is 2.77. The molecule has 3 rings (SSSR count). The fourth-order valence-electron chi connectivity index (χ4n) is 2.45. The van der Waals surface area contributed by atoms with Crippen molar-refractivity contribution < 1.29 is 4.74 Å². The number of ether oxygens (including phenoxy) is 1. The van der Waals surface area contributed by atoms with Crippen LogP contribution >= 0.6 is 0 Å². The Morgan fingerprint density at radius 2 is 1.67 bits per heavy atom. The van der Waals surface area contributed by atoms with Crippen LogP contribution in [0.15, 0.2) is 54.6 Å². The van der Waals surface area contributed by atoms with E-state index in [1.165, 1.54) is 29.5 Å². The van der Waals surface area contributed by atoms with E-state index in [0.717, 1.165) is 12.6 Å². The van der Waals surface area contributed by atoms with Crippen molar-refractivity contribution >= 4 is 0 Å². The smallest absolute Gasteiger partial charge is 0.0801 e. The average molecular weight is 281 g/mol. The highest BCUT2D eigenvalue weighted by atomic mass is 16.5. The Morgan fingerprint density at radius 1 is 1.00 bits per heavy atom. The van der Waals surface area contributed by atoms with Crippen LogP contribution in [0.4, 0.5) is 0 Å². The van der Waals surface area contributed by atoms with E-state index >= 15 is 0 Å². The topological polar surface area (TPSA) is 21.3 Å². The third-order valence-electron chi connectivity index (χ3n) is 4.03. The molecule has 1 atom stereocenters. The third kappa shape index (κ3) is 4.16. The molecule has 21 heavy (non-hydrogen) atoms. The van der Waals surface area contributed by atoms with Gasteiger partial charge in [0.15, 0.2) is 0 Å². The van der Waals surface area contributed by atoms with Gasteiger partial charge in [-0.05, 0) is 36.5 Å². The Bertz CT molecular complexity index is 563. The summed E-state index contributed by atoms with van der Waals surface area (Å²) in [5.74, 6) is 0. The second-order valence-corrected chi connectivity index (χ2v) is 5.79. The molecular formula is C19H23NO. The third-order valence-corrected chi connectivity index (χ3v) is 4.03. The van der Waals surface area contributed by atoms with E-state index in [2.05, 4.69) is 60.8 Å². The largest absolute Gasteiger partial charge is 0.369 e. The summed E-state index contributed by atoms with van der Waals surface area (Å²) in [4.78, 5) is 0. The highest BCUT2D eigenvalue weighted by molar-refractivity contribution is 5.27. The van der Waals surface area contributed by atoms with Gasteiger partial charge in [0.05, 0.1) is 12.7 Å². The first kappa shape index (κ1) is 14.3. The first-order chi connectivity index (χ1) is 10.3. The van der Waals surface area contributed by atoms with Crippen molar-refractivity contribution in [3.8, 4) is 0 Å². The summed E-state index contributed by atoms with van der Waals surface area (Å²) in [5.41, 5.74) is 3.86. The van der Waals surface area contributed by atoms with E-state index in [-0.39, 0.29) is 6.10 Å². The number of hydrogen-bond donors (Lipinski definition) is 1. The lowest BCUT2D eigenvalue weighted by atomic mass is 10.1. The maximum Gasteiger partial charge on any atom is 0.0801 e. The molecule has 1 N–H and O–H groups in total. The Morgan fingerprint density at radius 3 is 2.38 bits per heavy atom. The fraction of sp³-hybridized carbons (Fsp3) is 0.368. The second kappa shape index (κ2) is 6.88. The average Bonchev–Trinajstić information content (AvgIpc) is 3.36. The van der Waals surface area contributed by atoms with E-state index in [1.807, 2.05) is 6.07 Å². The summed E-state index contributed by atoms with van der Waals surface area (Å²) >= 11 is 0. The van der Waals surface area contributed by atoms with Crippen LogP contribution in [0.25, 0.3) is 0 Å². The monoisotopic (exact) mass is 281 g/mol. The number of rotatable bonds is 7. The van der Waals surface area contributed by atoms with Crippen LogP contribution in [0.2, 0.25) is 0 Å². The molecular weight excluding hydrogens is 258 g/mol. The van der Waals surface area contributed by atoms with Crippen molar-refractivity contribution in [2.24, 2.45) is 0 Å². The quantitative estimate of drug-likeness (QED) is 0.820. The number of nitrogens with one attached hydrogen (secondary N) is 1. The molecule has 1 unspecified atom stereocenters. The SMILES string of the molecule is CC(OCc1ccccc1CNC1CC1)c1ccccc1. The minimum absolute atomic E-state index is 0.121. The molecule has 110 valence electrons. The summed E-state index contributed by atoms with van der Waals surface area (Å²) in [7, 11) is 0. The van der Waals surface area contributed by atoms with Gasteiger partial charge in [-0.3, -0.25) is 0 Å². The van der Waals surface area contributed by atoms with E-state index in [4.69, 9.17) is 4.74 Å². The first-order valence-corrected chi connectivity index (χ1v) is 7.79. The molecule has 0 saturated heterocycles. The highest BCUT2D eigenvalue weighted by Gasteiger charge is 2.20. The van der Waals surface area contributed by atoms with Crippen molar-refractivity contribution in [1.82, 2.24) is 5.32 Å². The molecule has 0 bridgehead atoms. The van der Waals surface area contributed by atoms with E-state index in [1.54, 1.807) is 0 Å². The fourth-order valence-corrected chi connectivity index (χ4v) is 2.45. The Labute approximate surface area is 127 Å². The van der Waals surface area contributed by atoms with Crippen molar-refractivity contribution in [3.63, 3.8) is 0 Å². The Kier molecular flexibility index (Phi) is 4.69. The summed E-state index contributed by atoms with van der Waals surface area (Å²) < 4.78 is 6.05. The predicted octanol–water partition coefficient (Wildman–Crippen LogP) is 4.22. The van der Waals surface area contributed by atoms with Gasteiger partial charge in [0.2, 0.25) is 0 Å². The Hall–Kier alpha value is -1.64. The molecule has 1 aliphatic rings. The summed E-state index contributed by atoms with van der Waals surface area (Å²) in [5, 5.41) is 3.58. The van der Waals surface area contributed by atoms with Gasteiger partial charge in [-0.25, -0.2) is 0 Å². The molecule has 0 heterocycles. The lowest BCUT2D eigenvalue weighted by Crippen LogP contribution is -2.16. The van der Waals surface area contributed by atoms with Gasteiger partial charge in [0.1, 0.15) is 0 Å². The molecule has 0 radical (unpaired) electrons. The molecule has 0 amide bonds. The van der Waals surface area contributed by atoms with Crippen LogP contribution in [0.3, 0.4) is 0 Å². The molecule has 0 spiro atoms. The highest BCUT2D eigenvalue weighted by Crippen LogP contribution is 2.22. The van der Waals surface area contributed by atoms with Gasteiger partial charge < -0.3 is 10.1 Å². The Balaban J connectivity index is 1.59. The van der Waals surface area contributed by atoms with Crippen molar-refractivity contribution in [1.29, 1.82) is 0 Å². The van der Waals surface area contributed by atoms with Crippen LogP contribution in [0.5, 0.6) is 0 Å². The minimum atomic E-state index is 0.121. The lowest BCUT2D eigenvalue weighted by molar-refractivity contribution is 0.0521. The van der Waals surface area contributed by atoms with Gasteiger partial charge in [-0.15, -0.1) is 0 Å². The molecule has 1 saturated carbocycles. The van der Waals surface area contributed by atoms with Gasteiger partial charge >= 0.3 is 0 Å². The van der Waals surface area contributed by atoms with Gasteiger partial charge in [0, 0.05) is 12.6 Å². The molecule has 1 fully saturated rings. The van der Waals surface area contributed by atoms with Crippen LogP contribution < -0.4 is 5.32 Å². The molecule has 0 aromatic heterocycles. The van der Waals surface area contributed by atoms with Gasteiger partial charge in [-0.1, -0.05) is 54.6 Å². The maximum absolute atomic E-state index is 6.05. The first-order valence-electron chi connectivity index (χ1n) is 7.79. The van der Waals surface area contributed by atoms with Gasteiger partial charge in [-0.2, -0.15) is 0 Å². The van der Waals surface area contributed by atoms with E-state index < -0.39 is 0 Å². The summed E-state index contributed by atoms with van der Waals surface area (Å²) in [6, 6.07) is 19.7. The maximum atomic E-state index is 6.05. The standard InChI is InChI=1S/C19H23NO/c1-15(16-7-3-2-4-8-16)21-14-18-10-6-5-9-17(18)13-20-19-11-12-19/h2-10,15,19-20H,11-14H2,1H3. The van der Waals surface area contributed by atoms with Crippen LogP contribution in [0, 0.1) is 0 Å². The van der Waals surface area contributed by atoms with E-state index in [0.29, 0.717) is 6.61 Å². The van der Waals surface area contributed by atoms with Crippen molar-refractivity contribution in [2.75, 3.05) is 0 Å². The molecule has 1 aliphatic carbocycles. The molecule has 0 aliphatic heterocycles. The van der Waals surface area contributed by atoms with Crippen LogP contribution in [-0.2, 0) is 17.9 Å². The zero-order valence-electron chi connectivity index (χ0n) is 12.6. The molecule has 2 aromatic carbocycles. The van der Waals surface area contributed by atoms with Crippen LogP contribution in [0.1, 0.15) is 42.6 Å². The van der Waals surface area contributed by atoms with Crippen LogP contribution in [-0.4, -0.2) is 6.04 Å². The van der Waals surface area contributed by atoms with Crippen molar-refractivity contribution in [3.05, 3.63) is 71.3 Å². The number of hydrogen-bond acceptors (Lipinski definition) is 2. The minimum Gasteiger partial charge on any atom is -0.369 e. The summed E-state index contributed by atoms with van der Waals surface area (Å²) in [6.45, 7) is 3.73. The number of benzene rings is 2. The normalized spacial score (nSPS) is 15.9. The molecule has 2 aromatic rings. The van der Waals surface area contributed by atoms with E-state index in [9.17, 15) is 0 Å². The molecule has 2 nitrogen and oxygen atoms in total. The predicted molar refractivity (Wildman–Crippen MR) is 85.9 cm³/mol. The second-order valence-electron chi connectivity index (χ2n) is 5.79. The zero-order chi connectivity index (χ0) is 14.5. The lowest BCUT2D eigenvalue weighted by Gasteiger charge is -2.16. The molecule has 2 heteroatoms.